The minimum atomic E-state index is -2.77. The fourth-order valence-corrected chi connectivity index (χ4v) is 7.79. The average Bonchev–Trinajstić information content (AvgIpc) is 2.91. The van der Waals surface area contributed by atoms with Crippen LogP contribution in [0.4, 0.5) is 0 Å². The first kappa shape index (κ1) is 21.7. The fourth-order valence-electron chi connectivity index (χ4n) is 4.76. The molecular weight excluding hydrogens is 419 g/mol. The van der Waals surface area contributed by atoms with Crippen molar-refractivity contribution in [1.82, 2.24) is 0 Å². The Morgan fingerprint density at radius 1 is 0.727 bits per heavy atom. The highest BCUT2D eigenvalue weighted by molar-refractivity contribution is 7.79. The van der Waals surface area contributed by atoms with Crippen LogP contribution >= 0.6 is 7.14 Å². The van der Waals surface area contributed by atoms with Crippen LogP contribution in [-0.4, -0.2) is 5.66 Å². The molecule has 164 valence electrons. The van der Waals surface area contributed by atoms with Gasteiger partial charge in [-0.15, -0.1) is 0 Å². The van der Waals surface area contributed by atoms with E-state index in [-0.39, 0.29) is 5.66 Å². The molecule has 0 saturated heterocycles. The van der Waals surface area contributed by atoms with Crippen LogP contribution in [0.3, 0.4) is 0 Å². The minimum absolute atomic E-state index is 0.0153. The summed E-state index contributed by atoms with van der Waals surface area (Å²) in [6.07, 6.45) is 17.4. The molecule has 0 heterocycles. The zero-order chi connectivity index (χ0) is 22.5. The van der Waals surface area contributed by atoms with Crippen molar-refractivity contribution in [3.8, 4) is 0 Å². The van der Waals surface area contributed by atoms with Crippen molar-refractivity contribution in [1.29, 1.82) is 0 Å². The summed E-state index contributed by atoms with van der Waals surface area (Å²) in [7, 11) is -2.77. The minimum Gasteiger partial charge on any atom is -0.313 e. The Labute approximate surface area is 197 Å². The van der Waals surface area contributed by atoms with Gasteiger partial charge in [-0.1, -0.05) is 121 Å². The van der Waals surface area contributed by atoms with Crippen molar-refractivity contribution >= 4 is 23.3 Å². The zero-order valence-corrected chi connectivity index (χ0v) is 19.7. The summed E-state index contributed by atoms with van der Waals surface area (Å²) in [5.74, 6) is 0. The predicted octanol–water partition coefficient (Wildman–Crippen LogP) is 7.23. The third-order valence-electron chi connectivity index (χ3n) is 6.59. The van der Waals surface area contributed by atoms with Crippen molar-refractivity contribution in [2.45, 2.75) is 31.3 Å². The number of allylic oxidation sites excluding steroid dienone is 8. The Hall–Kier alpha value is -3.15. The molecule has 0 spiro atoms. The van der Waals surface area contributed by atoms with Gasteiger partial charge in [0, 0.05) is 16.3 Å². The normalized spacial score (nSPS) is 18.0. The monoisotopic (exact) mass is 448 g/mol. The van der Waals surface area contributed by atoms with E-state index < -0.39 is 7.14 Å². The smallest absolute Gasteiger partial charge is 0.150 e. The summed E-state index contributed by atoms with van der Waals surface area (Å²) < 4.78 is 14.5. The molecule has 0 N–H and O–H groups in total. The quantitative estimate of drug-likeness (QED) is 0.364. The van der Waals surface area contributed by atoms with Crippen molar-refractivity contribution in [2.75, 3.05) is 0 Å². The lowest BCUT2D eigenvalue weighted by Gasteiger charge is -2.28. The number of rotatable bonds is 6. The van der Waals surface area contributed by atoms with Crippen molar-refractivity contribution in [3.05, 3.63) is 138 Å². The Kier molecular flexibility index (Phi) is 6.42. The Morgan fingerprint density at radius 3 is 1.94 bits per heavy atom. The zero-order valence-electron chi connectivity index (χ0n) is 18.8. The summed E-state index contributed by atoms with van der Waals surface area (Å²) in [5.41, 5.74) is 5.20. The van der Waals surface area contributed by atoms with E-state index in [0.717, 1.165) is 36.3 Å². The maximum absolute atomic E-state index is 14.5. The van der Waals surface area contributed by atoms with Gasteiger partial charge in [0.1, 0.15) is 7.14 Å². The van der Waals surface area contributed by atoms with Crippen molar-refractivity contribution in [2.24, 2.45) is 0 Å². The molecular formula is C31H29OP. The Morgan fingerprint density at radius 2 is 1.39 bits per heavy atom. The third-order valence-corrected chi connectivity index (χ3v) is 10.0. The van der Waals surface area contributed by atoms with Gasteiger partial charge in [-0.2, -0.15) is 0 Å². The van der Waals surface area contributed by atoms with E-state index in [9.17, 15) is 4.57 Å². The number of hydrogen-bond donors (Lipinski definition) is 0. The van der Waals surface area contributed by atoms with Gasteiger partial charge in [0.2, 0.25) is 0 Å². The average molecular weight is 449 g/mol. The summed E-state index contributed by atoms with van der Waals surface area (Å²) in [5, 5.41) is 1.87. The lowest BCUT2D eigenvalue weighted by molar-refractivity contribution is 0.582. The second-order valence-corrected chi connectivity index (χ2v) is 11.8. The van der Waals surface area contributed by atoms with E-state index in [0.29, 0.717) is 0 Å². The van der Waals surface area contributed by atoms with E-state index in [1.807, 2.05) is 60.7 Å². The summed E-state index contributed by atoms with van der Waals surface area (Å²) >= 11 is 0. The van der Waals surface area contributed by atoms with E-state index in [2.05, 4.69) is 60.7 Å². The highest BCUT2D eigenvalue weighted by Gasteiger charge is 2.35. The Bertz CT molecular complexity index is 1220. The molecule has 3 aromatic rings. The SMILES string of the molecule is O=P(c1ccccc1)(c1ccccc1)C1C=CC(Cc2ccc(C3=CCCC=C3)cc2)=CC1. The van der Waals surface area contributed by atoms with Gasteiger partial charge in [-0.25, -0.2) is 0 Å². The molecule has 0 amide bonds. The van der Waals surface area contributed by atoms with Crippen LogP contribution in [0.15, 0.2) is 127 Å². The molecule has 1 unspecified atom stereocenters. The molecule has 5 rings (SSSR count). The first-order chi connectivity index (χ1) is 16.2. The molecule has 2 aliphatic carbocycles. The molecule has 3 aromatic carbocycles. The van der Waals surface area contributed by atoms with Gasteiger partial charge in [0.15, 0.2) is 0 Å². The summed E-state index contributed by atoms with van der Waals surface area (Å²) in [6, 6.07) is 28.9. The lowest BCUT2D eigenvalue weighted by Crippen LogP contribution is -2.25. The van der Waals surface area contributed by atoms with Crippen LogP contribution in [0.1, 0.15) is 30.4 Å². The van der Waals surface area contributed by atoms with Crippen LogP contribution in [0.5, 0.6) is 0 Å². The molecule has 1 atom stereocenters. The van der Waals surface area contributed by atoms with Crippen LogP contribution < -0.4 is 10.6 Å². The third kappa shape index (κ3) is 4.65. The topological polar surface area (TPSA) is 17.1 Å². The Balaban J connectivity index is 1.34. The first-order valence-electron chi connectivity index (χ1n) is 11.8. The lowest BCUT2D eigenvalue weighted by atomic mass is 9.95. The maximum atomic E-state index is 14.5. The summed E-state index contributed by atoms with van der Waals surface area (Å²) in [4.78, 5) is 0. The van der Waals surface area contributed by atoms with Gasteiger partial charge in [0.05, 0.1) is 0 Å². The van der Waals surface area contributed by atoms with E-state index >= 15 is 0 Å². The number of hydrogen-bond acceptors (Lipinski definition) is 1. The molecule has 33 heavy (non-hydrogen) atoms. The van der Waals surface area contributed by atoms with Crippen LogP contribution in [0.25, 0.3) is 5.57 Å². The van der Waals surface area contributed by atoms with Crippen LogP contribution in [-0.2, 0) is 11.0 Å². The van der Waals surface area contributed by atoms with Crippen LogP contribution in [0, 0.1) is 0 Å². The van der Waals surface area contributed by atoms with Crippen LogP contribution in [0.2, 0.25) is 0 Å². The van der Waals surface area contributed by atoms with E-state index in [1.54, 1.807) is 0 Å². The first-order valence-corrected chi connectivity index (χ1v) is 13.6. The largest absolute Gasteiger partial charge is 0.313 e. The highest BCUT2D eigenvalue weighted by atomic mass is 31.2. The molecule has 0 bridgehead atoms. The van der Waals surface area contributed by atoms with Gasteiger partial charge in [0.25, 0.3) is 0 Å². The van der Waals surface area contributed by atoms with Gasteiger partial charge < -0.3 is 4.57 Å². The molecule has 0 saturated carbocycles. The molecule has 0 fully saturated rings. The van der Waals surface area contributed by atoms with Gasteiger partial charge in [-0.3, -0.25) is 0 Å². The summed E-state index contributed by atoms with van der Waals surface area (Å²) in [6.45, 7) is 0. The highest BCUT2D eigenvalue weighted by Crippen LogP contribution is 2.51. The van der Waals surface area contributed by atoms with Crippen molar-refractivity contribution < 1.29 is 4.57 Å². The van der Waals surface area contributed by atoms with Crippen molar-refractivity contribution in [3.63, 3.8) is 0 Å². The molecule has 0 aromatic heterocycles. The molecule has 2 aliphatic rings. The fraction of sp³-hybridized carbons (Fsp3) is 0.161. The maximum Gasteiger partial charge on any atom is 0.150 e. The second-order valence-electron chi connectivity index (χ2n) is 8.78. The standard InChI is InChI=1S/C31H29OP/c32-33(29-12-6-2-7-13-29,30-14-8-3-9-15-30)31-22-18-26(19-23-31)24-25-16-20-28(21-17-25)27-10-4-1-5-11-27/h2-4,6-22,31H,1,5,23-24H2. The van der Waals surface area contributed by atoms with Gasteiger partial charge >= 0.3 is 0 Å². The number of benzene rings is 3. The molecule has 0 aliphatic heterocycles. The van der Waals surface area contributed by atoms with Gasteiger partial charge in [-0.05, 0) is 48.0 Å². The predicted molar refractivity (Wildman–Crippen MR) is 142 cm³/mol. The molecule has 1 nitrogen and oxygen atoms in total. The second kappa shape index (κ2) is 9.77. The molecule has 2 heteroatoms. The van der Waals surface area contributed by atoms with E-state index in [1.165, 1.54) is 22.3 Å². The molecule has 0 radical (unpaired) electrons. The van der Waals surface area contributed by atoms with E-state index in [4.69, 9.17) is 0 Å².